The van der Waals surface area contributed by atoms with Crippen molar-refractivity contribution in [3.8, 4) is 11.5 Å². The van der Waals surface area contributed by atoms with Crippen molar-refractivity contribution in [2.75, 3.05) is 11.9 Å². The fourth-order valence-corrected chi connectivity index (χ4v) is 3.96. The molecule has 34 heavy (non-hydrogen) atoms. The Morgan fingerprint density at radius 3 is 2.53 bits per heavy atom. The van der Waals surface area contributed by atoms with Gasteiger partial charge in [-0.25, -0.2) is 4.79 Å². The van der Waals surface area contributed by atoms with Crippen molar-refractivity contribution in [3.63, 3.8) is 0 Å². The number of ether oxygens (including phenoxy) is 1. The molecule has 0 saturated carbocycles. The largest absolute Gasteiger partial charge is 0.462 e. The third-order valence-electron chi connectivity index (χ3n) is 5.74. The number of rotatable bonds is 8. The van der Waals surface area contributed by atoms with Gasteiger partial charge in [-0.15, -0.1) is 0 Å². The van der Waals surface area contributed by atoms with E-state index in [4.69, 9.17) is 9.26 Å². The summed E-state index contributed by atoms with van der Waals surface area (Å²) in [7, 11) is 0. The molecule has 0 aliphatic heterocycles. The van der Waals surface area contributed by atoms with Crippen LogP contribution in [0.3, 0.4) is 0 Å². The number of nitrogens with zero attached hydrogens (tertiary/aromatic N) is 3. The van der Waals surface area contributed by atoms with E-state index < -0.39 is 5.97 Å². The summed E-state index contributed by atoms with van der Waals surface area (Å²) in [6, 6.07) is 5.61. The predicted molar refractivity (Wildman–Crippen MR) is 132 cm³/mol. The van der Waals surface area contributed by atoms with E-state index in [1.807, 2.05) is 64.3 Å². The number of carbonyl (C=O) groups excluding carboxylic acids is 2. The van der Waals surface area contributed by atoms with Crippen LogP contribution in [0.5, 0.6) is 0 Å². The minimum Gasteiger partial charge on any atom is -0.462 e. The van der Waals surface area contributed by atoms with Crippen LogP contribution in [0.1, 0.15) is 72.3 Å². The zero-order valence-electron chi connectivity index (χ0n) is 20.9. The number of carbonyl (C=O) groups is 2. The van der Waals surface area contributed by atoms with Gasteiger partial charge in [-0.3, -0.25) is 4.79 Å². The van der Waals surface area contributed by atoms with Gasteiger partial charge < -0.3 is 19.1 Å². The van der Waals surface area contributed by atoms with E-state index in [0.717, 1.165) is 17.0 Å². The molecule has 8 heteroatoms. The summed E-state index contributed by atoms with van der Waals surface area (Å²) in [5.74, 6) is 0.345. The summed E-state index contributed by atoms with van der Waals surface area (Å²) in [4.78, 5) is 30.0. The number of aromatic nitrogens is 3. The minimum absolute atomic E-state index is 0.124. The lowest BCUT2D eigenvalue weighted by molar-refractivity contribution is -0.111. The molecule has 0 saturated heterocycles. The second-order valence-corrected chi connectivity index (χ2v) is 8.36. The summed E-state index contributed by atoms with van der Waals surface area (Å²) in [6.07, 6.45) is 3.09. The summed E-state index contributed by atoms with van der Waals surface area (Å²) in [5.41, 5.74) is 4.98. The van der Waals surface area contributed by atoms with E-state index in [9.17, 15) is 9.59 Å². The number of amides is 1. The Hall–Kier alpha value is -3.68. The Bertz CT molecular complexity index is 1230. The van der Waals surface area contributed by atoms with Gasteiger partial charge in [0.2, 0.25) is 5.91 Å². The highest BCUT2D eigenvalue weighted by molar-refractivity contribution is 6.05. The fraction of sp³-hybridized carbons (Fsp3) is 0.385. The molecule has 2 heterocycles. The molecule has 0 fully saturated rings. The molecular formula is C26H32N4O4. The van der Waals surface area contributed by atoms with E-state index >= 15 is 0 Å². The number of esters is 1. The highest BCUT2D eigenvalue weighted by atomic mass is 16.5. The maximum Gasteiger partial charge on any atom is 0.340 e. The Balaban J connectivity index is 1.93. The van der Waals surface area contributed by atoms with Crippen LogP contribution in [-0.2, 0) is 16.1 Å². The highest BCUT2D eigenvalue weighted by Gasteiger charge is 2.22. The van der Waals surface area contributed by atoms with Crippen molar-refractivity contribution in [3.05, 3.63) is 58.2 Å². The van der Waals surface area contributed by atoms with Crippen molar-refractivity contribution in [2.24, 2.45) is 0 Å². The number of nitrogens with one attached hydrogen (secondary N) is 1. The zero-order valence-corrected chi connectivity index (χ0v) is 20.9. The molecule has 0 unspecified atom stereocenters. The monoisotopic (exact) mass is 464 g/mol. The number of anilines is 1. The maximum absolute atomic E-state index is 12.9. The third-order valence-corrected chi connectivity index (χ3v) is 5.74. The lowest BCUT2D eigenvalue weighted by Gasteiger charge is -2.10. The van der Waals surface area contributed by atoms with Crippen molar-refractivity contribution in [1.82, 2.24) is 14.7 Å². The Labute approximate surface area is 200 Å². The van der Waals surface area contributed by atoms with Gasteiger partial charge in [-0.05, 0) is 52.3 Å². The van der Waals surface area contributed by atoms with Crippen LogP contribution in [0.15, 0.2) is 28.8 Å². The average Bonchev–Trinajstić information content (AvgIpc) is 3.37. The second kappa shape index (κ2) is 10.5. The molecule has 0 spiro atoms. The molecule has 0 aliphatic rings. The van der Waals surface area contributed by atoms with Crippen molar-refractivity contribution < 1.29 is 18.8 Å². The third kappa shape index (κ3) is 4.95. The number of aryl methyl sites for hydroxylation is 1. The quantitative estimate of drug-likeness (QED) is 0.352. The van der Waals surface area contributed by atoms with Crippen LogP contribution < -0.4 is 5.32 Å². The molecule has 1 amide bonds. The molecule has 0 radical (unpaired) electrons. The molecular weight excluding hydrogens is 432 g/mol. The molecule has 0 bridgehead atoms. The molecule has 180 valence electrons. The molecule has 8 nitrogen and oxygen atoms in total. The second-order valence-electron chi connectivity index (χ2n) is 8.36. The Morgan fingerprint density at radius 1 is 1.18 bits per heavy atom. The number of para-hydroxylation sites is 1. The van der Waals surface area contributed by atoms with Crippen LogP contribution in [0.25, 0.3) is 17.5 Å². The normalized spacial score (nSPS) is 11.4. The van der Waals surface area contributed by atoms with Crippen LogP contribution in [0, 0.1) is 20.8 Å². The summed E-state index contributed by atoms with van der Waals surface area (Å²) in [5, 5.41) is 6.97. The van der Waals surface area contributed by atoms with E-state index in [-0.39, 0.29) is 18.4 Å². The maximum atomic E-state index is 12.9. The number of hydrogen-bond acceptors (Lipinski definition) is 6. The van der Waals surface area contributed by atoms with E-state index in [0.29, 0.717) is 40.6 Å². The van der Waals surface area contributed by atoms with Gasteiger partial charge in [-0.2, -0.15) is 4.98 Å². The molecule has 3 aromatic rings. The van der Waals surface area contributed by atoms with Gasteiger partial charge in [0.1, 0.15) is 0 Å². The highest BCUT2D eigenvalue weighted by Crippen LogP contribution is 2.31. The van der Waals surface area contributed by atoms with E-state index in [1.54, 1.807) is 13.0 Å². The molecule has 0 atom stereocenters. The van der Waals surface area contributed by atoms with Gasteiger partial charge >= 0.3 is 5.97 Å². The van der Waals surface area contributed by atoms with Crippen molar-refractivity contribution >= 4 is 23.6 Å². The first-order valence-corrected chi connectivity index (χ1v) is 11.5. The van der Waals surface area contributed by atoms with Crippen molar-refractivity contribution in [1.29, 1.82) is 0 Å². The van der Waals surface area contributed by atoms with Crippen molar-refractivity contribution in [2.45, 2.75) is 60.9 Å². The van der Waals surface area contributed by atoms with Crippen LogP contribution in [0.2, 0.25) is 0 Å². The average molecular weight is 465 g/mol. The number of benzene rings is 1. The lowest BCUT2D eigenvalue weighted by atomic mass is 10.1. The SMILES string of the molecule is CCOC(=O)c1c(/C=C/C(=O)Nc2c(C)cccc2-c2nc(C(C)C)no2)c(C)n(CC)c1C. The smallest absolute Gasteiger partial charge is 0.340 e. The molecule has 1 N–H and O–H groups in total. The number of hydrogen-bond donors (Lipinski definition) is 1. The van der Waals surface area contributed by atoms with Gasteiger partial charge in [-0.1, -0.05) is 31.1 Å². The minimum atomic E-state index is -0.395. The fourth-order valence-electron chi connectivity index (χ4n) is 3.96. The first kappa shape index (κ1) is 25.0. The van der Waals surface area contributed by atoms with Crippen LogP contribution in [-0.4, -0.2) is 33.2 Å². The molecule has 3 rings (SSSR count). The lowest BCUT2D eigenvalue weighted by Crippen LogP contribution is -2.11. The summed E-state index contributed by atoms with van der Waals surface area (Å²) >= 11 is 0. The van der Waals surface area contributed by atoms with Crippen LogP contribution >= 0.6 is 0 Å². The van der Waals surface area contributed by atoms with E-state index in [1.165, 1.54) is 6.08 Å². The zero-order chi connectivity index (χ0) is 25.0. The van der Waals surface area contributed by atoms with Gasteiger partial charge in [0, 0.05) is 35.5 Å². The molecule has 0 aliphatic carbocycles. The van der Waals surface area contributed by atoms with Gasteiger partial charge in [0.05, 0.1) is 23.4 Å². The van der Waals surface area contributed by atoms with E-state index in [2.05, 4.69) is 15.5 Å². The first-order valence-electron chi connectivity index (χ1n) is 11.5. The Kier molecular flexibility index (Phi) is 7.71. The van der Waals surface area contributed by atoms with Crippen LogP contribution in [0.4, 0.5) is 5.69 Å². The molecule has 1 aromatic carbocycles. The first-order chi connectivity index (χ1) is 16.2. The Morgan fingerprint density at radius 2 is 1.91 bits per heavy atom. The predicted octanol–water partition coefficient (Wildman–Crippen LogP) is 5.44. The summed E-state index contributed by atoms with van der Waals surface area (Å²) in [6.45, 7) is 14.5. The van der Waals surface area contributed by atoms with Gasteiger partial charge in [0.25, 0.3) is 5.89 Å². The molecule has 2 aromatic heterocycles. The topological polar surface area (TPSA) is 99.2 Å². The summed E-state index contributed by atoms with van der Waals surface area (Å²) < 4.78 is 12.7. The van der Waals surface area contributed by atoms with Gasteiger partial charge in [0.15, 0.2) is 5.82 Å². The standard InChI is InChI=1S/C26H32N4O4/c1-8-30-17(6)19(22(18(30)7)26(32)33-9-2)13-14-21(31)27-23-16(5)11-10-12-20(23)25-28-24(15(3)4)29-34-25/h10-15H,8-9H2,1-7H3,(H,27,31)/b14-13+.